The summed E-state index contributed by atoms with van der Waals surface area (Å²) < 4.78 is 5.19. The quantitative estimate of drug-likeness (QED) is 0.909. The molecule has 1 aliphatic carbocycles. The number of thiophene rings is 1. The van der Waals surface area contributed by atoms with E-state index in [1.54, 1.807) is 18.4 Å². The molecule has 1 saturated carbocycles. The Kier molecular flexibility index (Phi) is 3.58. The van der Waals surface area contributed by atoms with Gasteiger partial charge in [0.1, 0.15) is 11.9 Å². The van der Waals surface area contributed by atoms with Crippen molar-refractivity contribution in [2.45, 2.75) is 31.3 Å². The molecule has 1 unspecified atom stereocenters. The average molecular weight is 274 g/mol. The van der Waals surface area contributed by atoms with Gasteiger partial charge in [-0.25, -0.2) is 0 Å². The van der Waals surface area contributed by atoms with E-state index < -0.39 is 6.10 Å². The van der Waals surface area contributed by atoms with Crippen LogP contribution in [0.1, 0.15) is 47.3 Å². The van der Waals surface area contributed by atoms with Crippen LogP contribution in [0.25, 0.3) is 0 Å². The number of rotatable bonds is 4. The number of aliphatic hydroxyl groups excluding tert-OH is 1. The molecule has 0 radical (unpaired) electrons. The number of methoxy groups -OCH3 is 1. The molecular weight excluding hydrogens is 256 g/mol. The molecule has 0 spiro atoms. The van der Waals surface area contributed by atoms with E-state index in [1.165, 1.54) is 24.8 Å². The average Bonchev–Trinajstić information content (AvgIpc) is 2.85. The molecule has 2 aromatic rings. The SMILES string of the molecule is COc1csc(C(O)c2ccccc2C2CCC2)c1. The maximum absolute atomic E-state index is 10.6. The smallest absolute Gasteiger partial charge is 0.129 e. The van der Waals surface area contributed by atoms with Crippen molar-refractivity contribution in [2.75, 3.05) is 7.11 Å². The summed E-state index contributed by atoms with van der Waals surface area (Å²) in [6.07, 6.45) is 3.27. The Labute approximate surface area is 117 Å². The zero-order valence-corrected chi connectivity index (χ0v) is 11.8. The third-order valence-corrected chi connectivity index (χ3v) is 4.90. The summed E-state index contributed by atoms with van der Waals surface area (Å²) >= 11 is 1.55. The molecule has 1 N–H and O–H groups in total. The van der Waals surface area contributed by atoms with Crippen molar-refractivity contribution in [2.24, 2.45) is 0 Å². The molecule has 1 fully saturated rings. The predicted molar refractivity (Wildman–Crippen MR) is 78.0 cm³/mol. The molecule has 100 valence electrons. The van der Waals surface area contributed by atoms with Gasteiger partial charge in [0.2, 0.25) is 0 Å². The zero-order chi connectivity index (χ0) is 13.2. The molecule has 3 heteroatoms. The van der Waals surface area contributed by atoms with E-state index in [-0.39, 0.29) is 0 Å². The fourth-order valence-electron chi connectivity index (χ4n) is 2.59. The highest BCUT2D eigenvalue weighted by Gasteiger charge is 2.25. The largest absolute Gasteiger partial charge is 0.496 e. The van der Waals surface area contributed by atoms with Gasteiger partial charge < -0.3 is 9.84 Å². The molecule has 1 aromatic heterocycles. The monoisotopic (exact) mass is 274 g/mol. The molecule has 1 aromatic carbocycles. The minimum Gasteiger partial charge on any atom is -0.496 e. The summed E-state index contributed by atoms with van der Waals surface area (Å²) in [6, 6.07) is 10.2. The highest BCUT2D eigenvalue weighted by molar-refractivity contribution is 7.10. The van der Waals surface area contributed by atoms with Crippen LogP contribution in [0.3, 0.4) is 0 Å². The summed E-state index contributed by atoms with van der Waals surface area (Å²) in [5.41, 5.74) is 2.37. The maximum atomic E-state index is 10.6. The summed E-state index contributed by atoms with van der Waals surface area (Å²) in [4.78, 5) is 0.948. The third kappa shape index (κ3) is 2.40. The number of hydrogen-bond donors (Lipinski definition) is 1. The van der Waals surface area contributed by atoms with Gasteiger partial charge in [-0.2, -0.15) is 0 Å². The lowest BCUT2D eigenvalue weighted by atomic mass is 9.77. The first-order chi connectivity index (χ1) is 9.29. The van der Waals surface area contributed by atoms with Crippen molar-refractivity contribution in [3.05, 3.63) is 51.7 Å². The van der Waals surface area contributed by atoms with E-state index in [0.29, 0.717) is 5.92 Å². The maximum Gasteiger partial charge on any atom is 0.129 e. The Morgan fingerprint density at radius 1 is 1.32 bits per heavy atom. The van der Waals surface area contributed by atoms with Crippen molar-refractivity contribution < 1.29 is 9.84 Å². The highest BCUT2D eigenvalue weighted by Crippen LogP contribution is 2.41. The van der Waals surface area contributed by atoms with Gasteiger partial charge in [0.15, 0.2) is 0 Å². The van der Waals surface area contributed by atoms with Crippen molar-refractivity contribution >= 4 is 11.3 Å². The van der Waals surface area contributed by atoms with Gasteiger partial charge in [-0.1, -0.05) is 30.7 Å². The first kappa shape index (κ1) is 12.7. The van der Waals surface area contributed by atoms with E-state index in [2.05, 4.69) is 12.1 Å². The molecule has 19 heavy (non-hydrogen) atoms. The molecule has 2 nitrogen and oxygen atoms in total. The Bertz CT molecular complexity index is 557. The van der Waals surface area contributed by atoms with Crippen molar-refractivity contribution in [1.82, 2.24) is 0 Å². The first-order valence-electron chi connectivity index (χ1n) is 6.69. The van der Waals surface area contributed by atoms with Gasteiger partial charge in [0.25, 0.3) is 0 Å². The molecule has 0 aliphatic heterocycles. The van der Waals surface area contributed by atoms with Crippen LogP contribution >= 0.6 is 11.3 Å². The highest BCUT2D eigenvalue weighted by atomic mass is 32.1. The second-order valence-electron chi connectivity index (χ2n) is 5.05. The van der Waals surface area contributed by atoms with Crippen LogP contribution in [0.4, 0.5) is 0 Å². The number of aliphatic hydroxyl groups is 1. The van der Waals surface area contributed by atoms with Crippen molar-refractivity contribution in [1.29, 1.82) is 0 Å². The van der Waals surface area contributed by atoms with E-state index in [4.69, 9.17) is 4.74 Å². The van der Waals surface area contributed by atoms with E-state index in [0.717, 1.165) is 16.2 Å². The van der Waals surface area contributed by atoms with Crippen molar-refractivity contribution in [3.8, 4) is 5.75 Å². The molecule has 0 bridgehead atoms. The predicted octanol–water partition coefficient (Wildman–Crippen LogP) is 4.11. The summed E-state index contributed by atoms with van der Waals surface area (Å²) in [6.45, 7) is 0. The number of benzene rings is 1. The standard InChI is InChI=1S/C16H18O2S/c1-18-12-9-15(19-10-12)16(17)14-8-3-2-7-13(14)11-5-4-6-11/h2-3,7-11,16-17H,4-6H2,1H3. The van der Waals surface area contributed by atoms with Crippen LogP contribution in [0.5, 0.6) is 5.75 Å². The molecule has 3 rings (SSSR count). The second-order valence-corrected chi connectivity index (χ2v) is 5.99. The molecule has 0 amide bonds. The van der Waals surface area contributed by atoms with Crippen LogP contribution in [-0.4, -0.2) is 12.2 Å². The van der Waals surface area contributed by atoms with Crippen LogP contribution in [0, 0.1) is 0 Å². The lowest BCUT2D eigenvalue weighted by Crippen LogP contribution is -2.13. The third-order valence-electron chi connectivity index (χ3n) is 3.94. The van der Waals surface area contributed by atoms with E-state index in [1.807, 2.05) is 23.6 Å². The molecule has 1 heterocycles. The topological polar surface area (TPSA) is 29.5 Å². The first-order valence-corrected chi connectivity index (χ1v) is 7.57. The van der Waals surface area contributed by atoms with Gasteiger partial charge >= 0.3 is 0 Å². The van der Waals surface area contributed by atoms with Crippen LogP contribution in [0.2, 0.25) is 0 Å². The van der Waals surface area contributed by atoms with Crippen LogP contribution in [-0.2, 0) is 0 Å². The molecule has 0 saturated heterocycles. The minimum absolute atomic E-state index is 0.536. The molecule has 1 atom stereocenters. The van der Waals surface area contributed by atoms with Crippen LogP contribution in [0.15, 0.2) is 35.7 Å². The number of hydrogen-bond acceptors (Lipinski definition) is 3. The van der Waals surface area contributed by atoms with Gasteiger partial charge in [0, 0.05) is 10.3 Å². The Morgan fingerprint density at radius 2 is 2.11 bits per heavy atom. The Balaban J connectivity index is 1.92. The molecule has 1 aliphatic rings. The second kappa shape index (κ2) is 5.35. The zero-order valence-electron chi connectivity index (χ0n) is 11.0. The molecular formula is C16H18O2S. The van der Waals surface area contributed by atoms with E-state index >= 15 is 0 Å². The number of ether oxygens (including phenoxy) is 1. The van der Waals surface area contributed by atoms with Gasteiger partial charge in [0.05, 0.1) is 7.11 Å². The lowest BCUT2D eigenvalue weighted by Gasteiger charge is -2.29. The van der Waals surface area contributed by atoms with Gasteiger partial charge in [-0.3, -0.25) is 0 Å². The van der Waals surface area contributed by atoms with Gasteiger partial charge in [-0.05, 0) is 36.0 Å². The van der Waals surface area contributed by atoms with E-state index in [9.17, 15) is 5.11 Å². The summed E-state index contributed by atoms with van der Waals surface area (Å²) in [5, 5.41) is 12.5. The minimum atomic E-state index is -0.536. The summed E-state index contributed by atoms with van der Waals surface area (Å²) in [5.74, 6) is 1.45. The lowest BCUT2D eigenvalue weighted by molar-refractivity contribution is 0.220. The Morgan fingerprint density at radius 3 is 2.74 bits per heavy atom. The fraction of sp³-hybridized carbons (Fsp3) is 0.375. The summed E-state index contributed by atoms with van der Waals surface area (Å²) in [7, 11) is 1.65. The Hall–Kier alpha value is -1.32. The van der Waals surface area contributed by atoms with Crippen LogP contribution < -0.4 is 4.74 Å². The normalized spacial score (nSPS) is 16.9. The van der Waals surface area contributed by atoms with Gasteiger partial charge in [-0.15, -0.1) is 11.3 Å². The van der Waals surface area contributed by atoms with Crippen molar-refractivity contribution in [3.63, 3.8) is 0 Å². The fourth-order valence-corrected chi connectivity index (χ4v) is 3.45.